The van der Waals surface area contributed by atoms with E-state index in [0.717, 1.165) is 38.7 Å². The average Bonchev–Trinajstić information content (AvgIpc) is 2.25. The van der Waals surface area contributed by atoms with Crippen molar-refractivity contribution in [2.45, 2.75) is 39.7 Å². The summed E-state index contributed by atoms with van der Waals surface area (Å²) in [5.41, 5.74) is 0. The number of hydrogen-bond acceptors (Lipinski definition) is 3. The minimum Gasteiger partial charge on any atom is -0.374 e. The van der Waals surface area contributed by atoms with Crippen LogP contribution in [-0.2, 0) is 4.74 Å². The highest BCUT2D eigenvalue weighted by Gasteiger charge is 2.21. The molecule has 1 atom stereocenters. The third-order valence-corrected chi connectivity index (χ3v) is 3.24. The molecular formula is C14H30N2O. The van der Waals surface area contributed by atoms with Gasteiger partial charge in [0.15, 0.2) is 0 Å². The fourth-order valence-electron chi connectivity index (χ4n) is 2.52. The highest BCUT2D eigenvalue weighted by Crippen LogP contribution is 2.08. The summed E-state index contributed by atoms with van der Waals surface area (Å²) in [5.74, 6) is 0.736. The first-order valence-electron chi connectivity index (χ1n) is 7.14. The average molecular weight is 242 g/mol. The van der Waals surface area contributed by atoms with Gasteiger partial charge >= 0.3 is 0 Å². The van der Waals surface area contributed by atoms with E-state index < -0.39 is 0 Å². The highest BCUT2D eigenvalue weighted by molar-refractivity contribution is 4.74. The molecule has 0 aromatic rings. The highest BCUT2D eigenvalue weighted by atomic mass is 16.5. The van der Waals surface area contributed by atoms with Crippen molar-refractivity contribution in [2.75, 3.05) is 46.4 Å². The maximum atomic E-state index is 5.86. The van der Waals surface area contributed by atoms with Crippen LogP contribution in [0.4, 0.5) is 0 Å². The van der Waals surface area contributed by atoms with Crippen LogP contribution in [0.3, 0.4) is 0 Å². The van der Waals surface area contributed by atoms with Crippen LogP contribution in [0.15, 0.2) is 0 Å². The van der Waals surface area contributed by atoms with Crippen LogP contribution >= 0.6 is 0 Å². The fraction of sp³-hybridized carbons (Fsp3) is 1.00. The van der Waals surface area contributed by atoms with Crippen molar-refractivity contribution in [1.82, 2.24) is 9.80 Å². The summed E-state index contributed by atoms with van der Waals surface area (Å²) in [7, 11) is 2.20. The predicted octanol–water partition coefficient (Wildman–Crippen LogP) is 2.08. The monoisotopic (exact) mass is 242 g/mol. The molecule has 0 radical (unpaired) electrons. The van der Waals surface area contributed by atoms with Gasteiger partial charge in [0, 0.05) is 26.2 Å². The van der Waals surface area contributed by atoms with Crippen molar-refractivity contribution in [3.05, 3.63) is 0 Å². The van der Waals surface area contributed by atoms with E-state index in [-0.39, 0.29) is 0 Å². The van der Waals surface area contributed by atoms with Crippen LogP contribution in [0.5, 0.6) is 0 Å². The van der Waals surface area contributed by atoms with Crippen molar-refractivity contribution in [2.24, 2.45) is 5.92 Å². The quantitative estimate of drug-likeness (QED) is 0.680. The molecule has 1 heterocycles. The molecule has 1 saturated heterocycles. The Kier molecular flexibility index (Phi) is 7.09. The maximum absolute atomic E-state index is 5.86. The zero-order chi connectivity index (χ0) is 12.7. The Hall–Kier alpha value is -0.120. The molecule has 1 rings (SSSR count). The molecule has 1 aliphatic heterocycles. The molecule has 0 aromatic heterocycles. The Morgan fingerprint density at radius 3 is 2.82 bits per heavy atom. The number of nitrogens with zero attached hydrogens (tertiary/aromatic N) is 2. The van der Waals surface area contributed by atoms with Crippen molar-refractivity contribution < 1.29 is 4.74 Å². The van der Waals surface area contributed by atoms with E-state index >= 15 is 0 Å². The molecule has 0 spiro atoms. The number of hydrogen-bond donors (Lipinski definition) is 0. The molecule has 3 nitrogen and oxygen atoms in total. The Labute approximate surface area is 107 Å². The second-order valence-electron chi connectivity index (χ2n) is 5.76. The summed E-state index contributed by atoms with van der Waals surface area (Å²) >= 11 is 0. The second-order valence-corrected chi connectivity index (χ2v) is 5.76. The maximum Gasteiger partial charge on any atom is 0.0829 e. The molecule has 0 N–H and O–H groups in total. The standard InChI is InChI=1S/C14H30N2O/c1-5-6-7-16-8-9-17-14(12-16)11-15(4)10-13(2)3/h13-14H,5-12H2,1-4H3. The minimum atomic E-state index is 0.407. The number of unbranched alkanes of at least 4 members (excludes halogenated alkanes) is 1. The lowest BCUT2D eigenvalue weighted by molar-refractivity contribution is -0.0415. The lowest BCUT2D eigenvalue weighted by Crippen LogP contribution is -2.47. The van der Waals surface area contributed by atoms with Gasteiger partial charge in [0.05, 0.1) is 12.7 Å². The Balaban J connectivity index is 2.24. The number of likely N-dealkylation sites (N-methyl/N-ethyl adjacent to an activating group) is 1. The molecular weight excluding hydrogens is 212 g/mol. The number of ether oxygens (including phenoxy) is 1. The zero-order valence-corrected chi connectivity index (χ0v) is 12.1. The van der Waals surface area contributed by atoms with E-state index in [2.05, 4.69) is 37.6 Å². The summed E-state index contributed by atoms with van der Waals surface area (Å²) < 4.78 is 5.86. The normalized spacial score (nSPS) is 22.6. The number of rotatable bonds is 7. The van der Waals surface area contributed by atoms with Crippen LogP contribution in [-0.4, -0.2) is 62.3 Å². The summed E-state index contributed by atoms with van der Waals surface area (Å²) in [6.45, 7) is 13.4. The van der Waals surface area contributed by atoms with Gasteiger partial charge in [0.2, 0.25) is 0 Å². The van der Waals surface area contributed by atoms with Gasteiger partial charge in [-0.1, -0.05) is 27.2 Å². The van der Waals surface area contributed by atoms with Crippen molar-refractivity contribution in [3.8, 4) is 0 Å². The molecule has 102 valence electrons. The molecule has 1 fully saturated rings. The van der Waals surface area contributed by atoms with Crippen molar-refractivity contribution in [3.63, 3.8) is 0 Å². The lowest BCUT2D eigenvalue weighted by atomic mass is 10.2. The minimum absolute atomic E-state index is 0.407. The van der Waals surface area contributed by atoms with Gasteiger partial charge in [-0.05, 0) is 25.9 Å². The first-order valence-corrected chi connectivity index (χ1v) is 7.14. The molecule has 0 aliphatic carbocycles. The van der Waals surface area contributed by atoms with Gasteiger partial charge in [-0.25, -0.2) is 0 Å². The summed E-state index contributed by atoms with van der Waals surface area (Å²) in [6, 6.07) is 0. The molecule has 1 unspecified atom stereocenters. The van der Waals surface area contributed by atoms with Gasteiger partial charge < -0.3 is 9.64 Å². The zero-order valence-electron chi connectivity index (χ0n) is 12.1. The first-order chi connectivity index (χ1) is 8.11. The Morgan fingerprint density at radius 2 is 2.18 bits per heavy atom. The van der Waals surface area contributed by atoms with Crippen molar-refractivity contribution >= 4 is 0 Å². The third kappa shape index (κ3) is 6.39. The third-order valence-electron chi connectivity index (χ3n) is 3.24. The molecule has 0 bridgehead atoms. The van der Waals surface area contributed by atoms with Crippen LogP contribution in [0.2, 0.25) is 0 Å². The van der Waals surface area contributed by atoms with E-state index in [0.29, 0.717) is 6.10 Å². The van der Waals surface area contributed by atoms with E-state index in [1.165, 1.54) is 19.4 Å². The topological polar surface area (TPSA) is 15.7 Å². The molecule has 0 saturated carbocycles. The molecule has 0 amide bonds. The molecule has 0 aromatic carbocycles. The van der Waals surface area contributed by atoms with Gasteiger partial charge in [-0.3, -0.25) is 4.90 Å². The van der Waals surface area contributed by atoms with Gasteiger partial charge in [0.25, 0.3) is 0 Å². The van der Waals surface area contributed by atoms with E-state index in [4.69, 9.17) is 4.74 Å². The molecule has 17 heavy (non-hydrogen) atoms. The van der Waals surface area contributed by atoms with Gasteiger partial charge in [0.1, 0.15) is 0 Å². The van der Waals surface area contributed by atoms with E-state index in [1.54, 1.807) is 0 Å². The van der Waals surface area contributed by atoms with Gasteiger partial charge in [-0.2, -0.15) is 0 Å². The first kappa shape index (κ1) is 14.9. The van der Waals surface area contributed by atoms with Crippen LogP contribution < -0.4 is 0 Å². The summed E-state index contributed by atoms with van der Waals surface area (Å²) in [4.78, 5) is 4.96. The van der Waals surface area contributed by atoms with Crippen LogP contribution in [0, 0.1) is 5.92 Å². The molecule has 3 heteroatoms. The Bertz CT molecular complexity index is 197. The summed E-state index contributed by atoms with van der Waals surface area (Å²) in [6.07, 6.45) is 3.01. The predicted molar refractivity (Wildman–Crippen MR) is 73.4 cm³/mol. The Morgan fingerprint density at radius 1 is 1.41 bits per heavy atom. The van der Waals surface area contributed by atoms with Crippen molar-refractivity contribution in [1.29, 1.82) is 0 Å². The lowest BCUT2D eigenvalue weighted by Gasteiger charge is -2.35. The second kappa shape index (κ2) is 8.06. The van der Waals surface area contributed by atoms with E-state index in [9.17, 15) is 0 Å². The number of morpholine rings is 1. The van der Waals surface area contributed by atoms with Crippen LogP contribution in [0.25, 0.3) is 0 Å². The van der Waals surface area contributed by atoms with E-state index in [1.807, 2.05) is 0 Å². The smallest absolute Gasteiger partial charge is 0.0829 e. The van der Waals surface area contributed by atoms with Crippen LogP contribution in [0.1, 0.15) is 33.6 Å². The largest absolute Gasteiger partial charge is 0.374 e. The fourth-order valence-corrected chi connectivity index (χ4v) is 2.52. The SMILES string of the molecule is CCCCN1CCOC(CN(C)CC(C)C)C1. The van der Waals surface area contributed by atoms with Gasteiger partial charge in [-0.15, -0.1) is 0 Å². The summed E-state index contributed by atoms with van der Waals surface area (Å²) in [5, 5.41) is 0. The molecule has 1 aliphatic rings.